The largest absolute Gasteiger partial charge is 0.352 e. The molecule has 1 aromatic heterocycles. The van der Waals surface area contributed by atoms with Crippen molar-refractivity contribution in [2.24, 2.45) is 12.0 Å². The Bertz CT molecular complexity index is 644. The van der Waals surface area contributed by atoms with E-state index in [1.54, 1.807) is 24.0 Å². The second-order valence-corrected chi connectivity index (χ2v) is 5.32. The Kier molecular flexibility index (Phi) is 7.80. The Morgan fingerprint density at radius 1 is 1.32 bits per heavy atom. The van der Waals surface area contributed by atoms with Gasteiger partial charge in [-0.2, -0.15) is 5.10 Å². The molecular formula is C14H18BrFIN5. The fraction of sp³-hybridized carbons (Fsp3) is 0.286. The molecule has 22 heavy (non-hydrogen) atoms. The van der Waals surface area contributed by atoms with Crippen molar-refractivity contribution in [2.45, 2.75) is 13.1 Å². The van der Waals surface area contributed by atoms with Crippen LogP contribution in [0.1, 0.15) is 11.3 Å². The lowest BCUT2D eigenvalue weighted by molar-refractivity contribution is 0.623. The maximum Gasteiger partial charge on any atom is 0.191 e. The monoisotopic (exact) mass is 481 g/mol. The van der Waals surface area contributed by atoms with E-state index in [1.165, 1.54) is 12.1 Å². The van der Waals surface area contributed by atoms with Gasteiger partial charge in [0.1, 0.15) is 5.82 Å². The van der Waals surface area contributed by atoms with Crippen LogP contribution in [-0.2, 0) is 20.1 Å². The summed E-state index contributed by atoms with van der Waals surface area (Å²) in [5, 5.41) is 10.4. The van der Waals surface area contributed by atoms with Gasteiger partial charge in [0, 0.05) is 31.3 Å². The Hall–Kier alpha value is -1.16. The van der Waals surface area contributed by atoms with Gasteiger partial charge in [-0.3, -0.25) is 9.67 Å². The zero-order valence-corrected chi connectivity index (χ0v) is 16.2. The van der Waals surface area contributed by atoms with Gasteiger partial charge in [-0.1, -0.05) is 15.9 Å². The van der Waals surface area contributed by atoms with Crippen LogP contribution in [0, 0.1) is 5.82 Å². The van der Waals surface area contributed by atoms with Gasteiger partial charge in [0.25, 0.3) is 0 Å². The molecule has 2 N–H and O–H groups in total. The third-order valence-corrected chi connectivity index (χ3v) is 3.81. The van der Waals surface area contributed by atoms with Gasteiger partial charge in [-0.05, 0) is 29.8 Å². The van der Waals surface area contributed by atoms with Gasteiger partial charge in [0.15, 0.2) is 5.96 Å². The molecule has 0 saturated heterocycles. The highest BCUT2D eigenvalue weighted by Gasteiger charge is 2.04. The molecule has 1 heterocycles. The highest BCUT2D eigenvalue weighted by atomic mass is 127. The van der Waals surface area contributed by atoms with Gasteiger partial charge >= 0.3 is 0 Å². The summed E-state index contributed by atoms with van der Waals surface area (Å²) in [7, 11) is 3.58. The quantitative estimate of drug-likeness (QED) is 0.401. The fourth-order valence-corrected chi connectivity index (χ4v) is 2.21. The summed E-state index contributed by atoms with van der Waals surface area (Å²) < 4.78 is 15.9. The molecule has 0 atom stereocenters. The highest BCUT2D eigenvalue weighted by molar-refractivity contribution is 14.0. The summed E-state index contributed by atoms with van der Waals surface area (Å²) in [4.78, 5) is 4.14. The third-order valence-electron chi connectivity index (χ3n) is 3.04. The van der Waals surface area contributed by atoms with Crippen molar-refractivity contribution in [3.8, 4) is 0 Å². The molecule has 2 aromatic rings. The lowest BCUT2D eigenvalue weighted by atomic mass is 10.2. The Labute approximate surface area is 154 Å². The number of hydrogen-bond acceptors (Lipinski definition) is 2. The van der Waals surface area contributed by atoms with E-state index in [2.05, 4.69) is 36.7 Å². The fourth-order valence-electron chi connectivity index (χ4n) is 1.83. The molecule has 120 valence electrons. The molecule has 0 aliphatic carbocycles. The molecular weight excluding hydrogens is 464 g/mol. The molecule has 8 heteroatoms. The first kappa shape index (κ1) is 18.9. The number of nitrogens with zero attached hydrogens (tertiary/aromatic N) is 3. The number of aromatic nitrogens is 2. The molecule has 1 aromatic carbocycles. The first-order chi connectivity index (χ1) is 10.1. The lowest BCUT2D eigenvalue weighted by Crippen LogP contribution is -2.36. The smallest absolute Gasteiger partial charge is 0.191 e. The van der Waals surface area contributed by atoms with Crippen molar-refractivity contribution in [1.29, 1.82) is 0 Å². The van der Waals surface area contributed by atoms with Crippen LogP contribution in [0.3, 0.4) is 0 Å². The number of halogens is 3. The van der Waals surface area contributed by atoms with Gasteiger partial charge in [-0.15, -0.1) is 24.0 Å². The molecule has 0 aliphatic heterocycles. The minimum absolute atomic E-state index is 0. The average Bonchev–Trinajstić information content (AvgIpc) is 2.88. The van der Waals surface area contributed by atoms with E-state index in [4.69, 9.17) is 0 Å². The molecule has 0 unspecified atom stereocenters. The van der Waals surface area contributed by atoms with E-state index in [1.807, 2.05) is 13.1 Å². The van der Waals surface area contributed by atoms with Gasteiger partial charge in [0.2, 0.25) is 0 Å². The van der Waals surface area contributed by atoms with Crippen LogP contribution in [0.15, 0.2) is 39.9 Å². The van der Waals surface area contributed by atoms with Gasteiger partial charge < -0.3 is 10.6 Å². The zero-order chi connectivity index (χ0) is 15.2. The van der Waals surface area contributed by atoms with Crippen molar-refractivity contribution >= 4 is 45.9 Å². The number of nitrogens with one attached hydrogen (secondary N) is 2. The molecule has 0 amide bonds. The molecule has 0 spiro atoms. The summed E-state index contributed by atoms with van der Waals surface area (Å²) in [6.07, 6.45) is 1.75. The van der Waals surface area contributed by atoms with E-state index in [0.717, 1.165) is 15.7 Å². The van der Waals surface area contributed by atoms with Crippen molar-refractivity contribution in [2.75, 3.05) is 7.05 Å². The van der Waals surface area contributed by atoms with Crippen molar-refractivity contribution in [3.63, 3.8) is 0 Å². The summed E-state index contributed by atoms with van der Waals surface area (Å²) in [6, 6.07) is 6.54. The van der Waals surface area contributed by atoms with E-state index in [0.29, 0.717) is 19.0 Å². The number of benzene rings is 1. The highest BCUT2D eigenvalue weighted by Crippen LogP contribution is 2.17. The average molecular weight is 482 g/mol. The van der Waals surface area contributed by atoms with E-state index >= 15 is 0 Å². The van der Waals surface area contributed by atoms with Gasteiger partial charge in [-0.25, -0.2) is 4.39 Å². The minimum atomic E-state index is -0.257. The zero-order valence-electron chi connectivity index (χ0n) is 12.3. The van der Waals surface area contributed by atoms with Crippen LogP contribution in [0.5, 0.6) is 0 Å². The Morgan fingerprint density at radius 2 is 2.05 bits per heavy atom. The standard InChI is InChI=1S/C14H17BrFN5.HI/c1-17-14(19-9-12-5-6-20-21(12)2)18-8-10-7-11(16)3-4-13(10)15;/h3-7H,8-9H2,1-2H3,(H2,17,18,19);1H. The summed E-state index contributed by atoms with van der Waals surface area (Å²) in [6.45, 7) is 1.09. The second kappa shape index (κ2) is 9.09. The number of guanidine groups is 1. The van der Waals surface area contributed by atoms with E-state index in [9.17, 15) is 4.39 Å². The Morgan fingerprint density at radius 3 is 2.68 bits per heavy atom. The predicted octanol–water partition coefficient (Wildman–Crippen LogP) is 2.80. The molecule has 0 aliphatic rings. The van der Waals surface area contributed by atoms with Crippen LogP contribution in [0.4, 0.5) is 4.39 Å². The third kappa shape index (κ3) is 5.24. The number of rotatable bonds is 4. The molecule has 2 rings (SSSR count). The van der Waals surface area contributed by atoms with Crippen LogP contribution < -0.4 is 10.6 Å². The van der Waals surface area contributed by atoms with Crippen molar-refractivity contribution in [1.82, 2.24) is 20.4 Å². The number of hydrogen-bond donors (Lipinski definition) is 2. The Balaban J connectivity index is 0.00000242. The second-order valence-electron chi connectivity index (χ2n) is 4.46. The number of aryl methyl sites for hydroxylation is 1. The SMILES string of the molecule is CN=C(NCc1cc(F)ccc1Br)NCc1ccnn1C.I. The maximum absolute atomic E-state index is 13.2. The molecule has 0 fully saturated rings. The summed E-state index contributed by atoms with van der Waals surface area (Å²) in [5.74, 6) is 0.389. The van der Waals surface area contributed by atoms with Crippen LogP contribution in [0.25, 0.3) is 0 Å². The molecule has 5 nitrogen and oxygen atoms in total. The van der Waals surface area contributed by atoms with Crippen LogP contribution in [0.2, 0.25) is 0 Å². The van der Waals surface area contributed by atoms with E-state index in [-0.39, 0.29) is 29.8 Å². The first-order valence-electron chi connectivity index (χ1n) is 6.45. The maximum atomic E-state index is 13.2. The molecule has 0 radical (unpaired) electrons. The summed E-state index contributed by atoms with van der Waals surface area (Å²) >= 11 is 3.40. The number of aliphatic imine (C=N–C) groups is 1. The predicted molar refractivity (Wildman–Crippen MR) is 99.8 cm³/mol. The molecule has 0 saturated carbocycles. The van der Waals surface area contributed by atoms with E-state index < -0.39 is 0 Å². The van der Waals surface area contributed by atoms with Gasteiger partial charge in [0.05, 0.1) is 12.2 Å². The lowest BCUT2D eigenvalue weighted by Gasteiger charge is -2.13. The first-order valence-corrected chi connectivity index (χ1v) is 7.25. The summed E-state index contributed by atoms with van der Waals surface area (Å²) in [5.41, 5.74) is 1.88. The van der Waals surface area contributed by atoms with Crippen LogP contribution >= 0.6 is 39.9 Å². The van der Waals surface area contributed by atoms with Crippen molar-refractivity contribution in [3.05, 3.63) is 52.0 Å². The molecule has 0 bridgehead atoms. The van der Waals surface area contributed by atoms with Crippen molar-refractivity contribution < 1.29 is 4.39 Å². The van der Waals surface area contributed by atoms with Crippen LogP contribution in [-0.4, -0.2) is 22.8 Å². The topological polar surface area (TPSA) is 54.2 Å². The minimum Gasteiger partial charge on any atom is -0.352 e. The normalized spacial score (nSPS) is 11.0.